The third-order valence-electron chi connectivity index (χ3n) is 1.86. The molecule has 2 aromatic rings. The lowest BCUT2D eigenvalue weighted by atomic mass is 10.3. The highest BCUT2D eigenvalue weighted by Crippen LogP contribution is 2.18. The summed E-state index contributed by atoms with van der Waals surface area (Å²) < 4.78 is 7.23. The highest BCUT2D eigenvalue weighted by Gasteiger charge is 2.05. The van der Waals surface area contributed by atoms with Crippen LogP contribution in [-0.4, -0.2) is 16.1 Å². The number of imidazole rings is 1. The summed E-state index contributed by atoms with van der Waals surface area (Å²) in [5.74, 6) is 0.825. The molecule has 68 valence electrons. The lowest BCUT2D eigenvalue weighted by molar-refractivity contribution is 0.572. The molecule has 0 aliphatic rings. The van der Waals surface area contributed by atoms with Gasteiger partial charge in [-0.1, -0.05) is 0 Å². The van der Waals surface area contributed by atoms with Crippen LogP contribution in [0.3, 0.4) is 0 Å². The molecule has 0 aliphatic heterocycles. The zero-order valence-electron chi connectivity index (χ0n) is 7.18. The molecule has 2 rings (SSSR count). The van der Waals surface area contributed by atoms with Crippen LogP contribution in [0.15, 0.2) is 35.3 Å². The van der Waals surface area contributed by atoms with E-state index in [1.165, 1.54) is 0 Å². The summed E-state index contributed by atoms with van der Waals surface area (Å²) in [4.78, 5) is 4.04. The average molecular weight is 177 g/mol. The van der Waals surface area contributed by atoms with Gasteiger partial charge < -0.3 is 14.7 Å². The van der Waals surface area contributed by atoms with E-state index in [2.05, 4.69) is 4.98 Å². The monoisotopic (exact) mass is 177 g/mol. The van der Waals surface area contributed by atoms with Crippen LogP contribution < -0.4 is 5.73 Å². The Kier molecular flexibility index (Phi) is 2.14. The zero-order chi connectivity index (χ0) is 9.10. The molecule has 0 amide bonds. The highest BCUT2D eigenvalue weighted by atomic mass is 16.3. The van der Waals surface area contributed by atoms with Gasteiger partial charge in [-0.15, -0.1) is 0 Å². The number of furan rings is 1. The molecule has 0 unspecified atom stereocenters. The van der Waals surface area contributed by atoms with Crippen LogP contribution in [0.1, 0.15) is 0 Å². The first-order valence-corrected chi connectivity index (χ1v) is 4.16. The van der Waals surface area contributed by atoms with Gasteiger partial charge in [-0.25, -0.2) is 4.98 Å². The number of rotatable bonds is 3. The standard InChI is InChI=1S/C9H11N3O/c10-3-4-12-7-11-6-8(12)9-2-1-5-13-9/h1-2,5-7H,3-4,10H2. The Morgan fingerprint density at radius 1 is 1.54 bits per heavy atom. The van der Waals surface area contributed by atoms with Gasteiger partial charge in [0.25, 0.3) is 0 Å². The van der Waals surface area contributed by atoms with Crippen molar-refractivity contribution in [2.24, 2.45) is 5.73 Å². The average Bonchev–Trinajstić information content (AvgIpc) is 2.71. The van der Waals surface area contributed by atoms with Gasteiger partial charge in [0.2, 0.25) is 0 Å². The third-order valence-corrected chi connectivity index (χ3v) is 1.86. The largest absolute Gasteiger partial charge is 0.463 e. The van der Waals surface area contributed by atoms with Crippen molar-refractivity contribution >= 4 is 0 Å². The molecule has 0 aromatic carbocycles. The zero-order valence-corrected chi connectivity index (χ0v) is 7.18. The van der Waals surface area contributed by atoms with Crippen LogP contribution in [0.2, 0.25) is 0 Å². The first-order valence-electron chi connectivity index (χ1n) is 4.16. The summed E-state index contributed by atoms with van der Waals surface area (Å²) >= 11 is 0. The van der Waals surface area contributed by atoms with Crippen LogP contribution in [-0.2, 0) is 6.54 Å². The van der Waals surface area contributed by atoms with Crippen LogP contribution in [0, 0.1) is 0 Å². The number of hydrogen-bond acceptors (Lipinski definition) is 3. The van der Waals surface area contributed by atoms with Gasteiger partial charge in [-0.2, -0.15) is 0 Å². The fourth-order valence-corrected chi connectivity index (χ4v) is 1.27. The predicted octanol–water partition coefficient (Wildman–Crippen LogP) is 1.10. The van der Waals surface area contributed by atoms with E-state index in [9.17, 15) is 0 Å². The Labute approximate surface area is 76.0 Å². The predicted molar refractivity (Wildman–Crippen MR) is 49.0 cm³/mol. The first kappa shape index (κ1) is 8.07. The molecule has 0 atom stereocenters. The van der Waals surface area contributed by atoms with E-state index in [-0.39, 0.29) is 0 Å². The molecular formula is C9H11N3O. The third kappa shape index (κ3) is 1.48. The van der Waals surface area contributed by atoms with Crippen molar-refractivity contribution in [2.45, 2.75) is 6.54 Å². The molecule has 0 saturated carbocycles. The van der Waals surface area contributed by atoms with Crippen molar-refractivity contribution in [3.8, 4) is 11.5 Å². The lowest BCUT2D eigenvalue weighted by Crippen LogP contribution is -2.09. The van der Waals surface area contributed by atoms with Crippen molar-refractivity contribution in [1.82, 2.24) is 9.55 Å². The topological polar surface area (TPSA) is 57.0 Å². The van der Waals surface area contributed by atoms with Gasteiger partial charge >= 0.3 is 0 Å². The van der Waals surface area contributed by atoms with Crippen molar-refractivity contribution in [1.29, 1.82) is 0 Å². The summed E-state index contributed by atoms with van der Waals surface area (Å²) in [6, 6.07) is 3.76. The van der Waals surface area contributed by atoms with Crippen LogP contribution >= 0.6 is 0 Å². The van der Waals surface area contributed by atoms with E-state index < -0.39 is 0 Å². The first-order chi connectivity index (χ1) is 6.42. The Morgan fingerprint density at radius 3 is 3.15 bits per heavy atom. The fourth-order valence-electron chi connectivity index (χ4n) is 1.27. The molecule has 0 bridgehead atoms. The number of nitrogens with two attached hydrogens (primary N) is 1. The SMILES string of the molecule is NCCn1cncc1-c1ccco1. The Balaban J connectivity index is 2.35. The number of nitrogens with zero attached hydrogens (tertiary/aromatic N) is 2. The normalized spacial score (nSPS) is 10.5. The highest BCUT2D eigenvalue weighted by molar-refractivity contribution is 5.50. The minimum Gasteiger partial charge on any atom is -0.463 e. The van der Waals surface area contributed by atoms with Gasteiger partial charge in [0.15, 0.2) is 5.76 Å². The Hall–Kier alpha value is -1.55. The molecule has 0 spiro atoms. The van der Waals surface area contributed by atoms with Crippen LogP contribution in [0.4, 0.5) is 0 Å². The van der Waals surface area contributed by atoms with E-state index in [1.807, 2.05) is 16.7 Å². The molecular weight excluding hydrogens is 166 g/mol. The maximum atomic E-state index is 5.46. The van der Waals surface area contributed by atoms with Crippen LogP contribution in [0.5, 0.6) is 0 Å². The molecule has 13 heavy (non-hydrogen) atoms. The van der Waals surface area contributed by atoms with E-state index in [0.717, 1.165) is 18.0 Å². The van der Waals surface area contributed by atoms with Crippen LogP contribution in [0.25, 0.3) is 11.5 Å². The van der Waals surface area contributed by atoms with Gasteiger partial charge in [0, 0.05) is 13.1 Å². The van der Waals surface area contributed by atoms with E-state index in [4.69, 9.17) is 10.2 Å². The molecule has 2 aromatic heterocycles. The number of hydrogen-bond donors (Lipinski definition) is 1. The van der Waals surface area contributed by atoms with Crippen molar-refractivity contribution < 1.29 is 4.42 Å². The van der Waals surface area contributed by atoms with E-state index in [0.29, 0.717) is 6.54 Å². The van der Waals surface area contributed by atoms with Gasteiger partial charge in [-0.3, -0.25) is 0 Å². The maximum absolute atomic E-state index is 5.46. The Bertz CT molecular complexity index is 364. The van der Waals surface area contributed by atoms with Crippen molar-refractivity contribution in [3.63, 3.8) is 0 Å². The van der Waals surface area contributed by atoms with Gasteiger partial charge in [-0.05, 0) is 12.1 Å². The van der Waals surface area contributed by atoms with E-state index in [1.54, 1.807) is 18.8 Å². The summed E-state index contributed by atoms with van der Waals surface area (Å²) in [6.07, 6.45) is 5.17. The molecule has 2 heterocycles. The second-order valence-corrected chi connectivity index (χ2v) is 2.74. The fraction of sp³-hybridized carbons (Fsp3) is 0.222. The van der Waals surface area contributed by atoms with E-state index >= 15 is 0 Å². The number of aromatic nitrogens is 2. The maximum Gasteiger partial charge on any atom is 0.151 e. The van der Waals surface area contributed by atoms with Crippen molar-refractivity contribution in [2.75, 3.05) is 6.54 Å². The minimum absolute atomic E-state index is 0.601. The summed E-state index contributed by atoms with van der Waals surface area (Å²) in [6.45, 7) is 1.36. The molecule has 4 nitrogen and oxygen atoms in total. The molecule has 0 radical (unpaired) electrons. The molecule has 0 saturated heterocycles. The molecule has 4 heteroatoms. The molecule has 0 aliphatic carbocycles. The smallest absolute Gasteiger partial charge is 0.151 e. The second kappa shape index (κ2) is 3.45. The van der Waals surface area contributed by atoms with Gasteiger partial charge in [0.05, 0.1) is 18.8 Å². The second-order valence-electron chi connectivity index (χ2n) is 2.74. The van der Waals surface area contributed by atoms with Gasteiger partial charge in [0.1, 0.15) is 5.69 Å². The molecule has 0 fully saturated rings. The minimum atomic E-state index is 0.601. The quantitative estimate of drug-likeness (QED) is 0.763. The van der Waals surface area contributed by atoms with Crippen molar-refractivity contribution in [3.05, 3.63) is 30.9 Å². The lowest BCUT2D eigenvalue weighted by Gasteiger charge is -2.02. The summed E-state index contributed by atoms with van der Waals surface area (Å²) in [5, 5.41) is 0. The summed E-state index contributed by atoms with van der Waals surface area (Å²) in [7, 11) is 0. The molecule has 2 N–H and O–H groups in total. The summed E-state index contributed by atoms with van der Waals surface area (Å²) in [5.41, 5.74) is 6.43. The Morgan fingerprint density at radius 2 is 2.46 bits per heavy atom.